The highest BCUT2D eigenvalue weighted by Gasteiger charge is 2.33. The molecule has 112 valence electrons. The molecule has 0 aliphatic carbocycles. The first kappa shape index (κ1) is 16.4. The fraction of sp³-hybridized carbons (Fsp3) is 0.917. The minimum atomic E-state index is -3.35. The molecule has 1 aliphatic rings. The number of hydrogen-bond donors (Lipinski definition) is 1. The molecule has 6 nitrogen and oxygen atoms in total. The summed E-state index contributed by atoms with van der Waals surface area (Å²) < 4.78 is 30.4. The van der Waals surface area contributed by atoms with Crippen LogP contribution in [0.25, 0.3) is 0 Å². The first-order valence-electron chi connectivity index (χ1n) is 6.65. The van der Waals surface area contributed by atoms with Crippen molar-refractivity contribution in [2.24, 2.45) is 0 Å². The van der Waals surface area contributed by atoms with Gasteiger partial charge in [0.05, 0.1) is 18.8 Å². The molecule has 0 aromatic carbocycles. The van der Waals surface area contributed by atoms with Crippen LogP contribution in [0, 0.1) is 0 Å². The van der Waals surface area contributed by atoms with E-state index in [1.165, 1.54) is 4.31 Å². The van der Waals surface area contributed by atoms with Gasteiger partial charge in [-0.3, -0.25) is 4.79 Å². The van der Waals surface area contributed by atoms with Gasteiger partial charge in [-0.1, -0.05) is 0 Å². The molecule has 1 fully saturated rings. The summed E-state index contributed by atoms with van der Waals surface area (Å²) in [4.78, 5) is 11.2. The molecule has 0 bridgehead atoms. The molecule has 0 spiro atoms. The standard InChI is InChI=1S/C12H24N2O4S/c1-4-18-11(15)5-10-19(16,17)14-8-6-12(2,13-3)7-9-14/h13H,4-10H2,1-3H3. The zero-order valence-corrected chi connectivity index (χ0v) is 12.8. The molecule has 7 heteroatoms. The third kappa shape index (κ3) is 4.74. The van der Waals surface area contributed by atoms with Crippen molar-refractivity contribution in [1.82, 2.24) is 9.62 Å². The summed E-state index contributed by atoms with van der Waals surface area (Å²) in [5.41, 5.74) is 0.00710. The van der Waals surface area contributed by atoms with Crippen molar-refractivity contribution >= 4 is 16.0 Å². The number of ether oxygens (including phenoxy) is 1. The van der Waals surface area contributed by atoms with Crippen LogP contribution in [0.1, 0.15) is 33.1 Å². The molecule has 0 unspecified atom stereocenters. The molecule has 19 heavy (non-hydrogen) atoms. The average molecular weight is 292 g/mol. The third-order valence-electron chi connectivity index (χ3n) is 3.69. The summed E-state index contributed by atoms with van der Waals surface area (Å²) in [5.74, 6) is -0.620. The summed E-state index contributed by atoms with van der Waals surface area (Å²) >= 11 is 0. The maximum atomic E-state index is 12.1. The number of nitrogens with zero attached hydrogens (tertiary/aromatic N) is 1. The van der Waals surface area contributed by atoms with Crippen LogP contribution in [0.15, 0.2) is 0 Å². The van der Waals surface area contributed by atoms with E-state index in [0.717, 1.165) is 12.8 Å². The molecule has 0 aromatic heterocycles. The Bertz CT molecular complexity index is 400. The number of esters is 1. The first-order valence-corrected chi connectivity index (χ1v) is 8.26. The van der Waals surface area contributed by atoms with E-state index in [4.69, 9.17) is 4.74 Å². The van der Waals surface area contributed by atoms with Gasteiger partial charge in [-0.15, -0.1) is 0 Å². The molecule has 0 saturated carbocycles. The van der Waals surface area contributed by atoms with Crippen molar-refractivity contribution in [2.45, 2.75) is 38.6 Å². The van der Waals surface area contributed by atoms with E-state index in [1.54, 1.807) is 6.92 Å². The number of nitrogens with one attached hydrogen (secondary N) is 1. The lowest BCUT2D eigenvalue weighted by molar-refractivity contribution is -0.142. The first-order chi connectivity index (χ1) is 8.83. The second kappa shape index (κ2) is 6.67. The van der Waals surface area contributed by atoms with Gasteiger partial charge in [0, 0.05) is 18.6 Å². The Morgan fingerprint density at radius 1 is 1.37 bits per heavy atom. The predicted molar refractivity (Wildman–Crippen MR) is 73.3 cm³/mol. The molecule has 1 saturated heterocycles. The van der Waals surface area contributed by atoms with Crippen LogP contribution in [0.2, 0.25) is 0 Å². The van der Waals surface area contributed by atoms with Crippen LogP contribution in [-0.2, 0) is 19.6 Å². The van der Waals surface area contributed by atoms with Crippen LogP contribution in [0.5, 0.6) is 0 Å². The van der Waals surface area contributed by atoms with Gasteiger partial charge in [0.2, 0.25) is 10.0 Å². The molecule has 1 N–H and O–H groups in total. The van der Waals surface area contributed by atoms with Gasteiger partial charge in [-0.2, -0.15) is 0 Å². The minimum Gasteiger partial charge on any atom is -0.466 e. The van der Waals surface area contributed by atoms with E-state index in [-0.39, 0.29) is 24.3 Å². The molecular weight excluding hydrogens is 268 g/mol. The number of piperidine rings is 1. The molecule has 0 aromatic rings. The molecule has 1 heterocycles. The van der Waals surface area contributed by atoms with Crippen LogP contribution in [0.3, 0.4) is 0 Å². The SMILES string of the molecule is CCOC(=O)CCS(=O)(=O)N1CCC(C)(NC)CC1. The second-order valence-electron chi connectivity index (χ2n) is 5.08. The van der Waals surface area contributed by atoms with Crippen molar-refractivity contribution in [3.05, 3.63) is 0 Å². The summed E-state index contributed by atoms with van der Waals surface area (Å²) in [6.07, 6.45) is 1.49. The summed E-state index contributed by atoms with van der Waals surface area (Å²) in [5, 5.41) is 3.22. The van der Waals surface area contributed by atoms with Crippen molar-refractivity contribution in [2.75, 3.05) is 32.5 Å². The highest BCUT2D eigenvalue weighted by molar-refractivity contribution is 7.89. The maximum absolute atomic E-state index is 12.1. The van der Waals surface area contributed by atoms with Gasteiger partial charge >= 0.3 is 5.97 Å². The predicted octanol–water partition coefficient (Wildman–Crippen LogP) is 0.343. The molecule has 0 radical (unpaired) electrons. The van der Waals surface area contributed by atoms with E-state index in [1.807, 2.05) is 7.05 Å². The van der Waals surface area contributed by atoms with Crippen molar-refractivity contribution in [1.29, 1.82) is 0 Å². The average Bonchev–Trinajstić information content (AvgIpc) is 2.37. The van der Waals surface area contributed by atoms with Crippen LogP contribution >= 0.6 is 0 Å². The van der Waals surface area contributed by atoms with E-state index >= 15 is 0 Å². The van der Waals surface area contributed by atoms with Gasteiger partial charge in [0.15, 0.2) is 0 Å². The number of hydrogen-bond acceptors (Lipinski definition) is 5. The number of carbonyl (C=O) groups excluding carboxylic acids is 1. The van der Waals surface area contributed by atoms with Gasteiger partial charge in [0.25, 0.3) is 0 Å². The largest absolute Gasteiger partial charge is 0.466 e. The zero-order valence-electron chi connectivity index (χ0n) is 11.9. The fourth-order valence-electron chi connectivity index (χ4n) is 2.08. The molecule has 1 aliphatic heterocycles. The topological polar surface area (TPSA) is 75.7 Å². The highest BCUT2D eigenvalue weighted by Crippen LogP contribution is 2.23. The Kier molecular flexibility index (Phi) is 5.76. The monoisotopic (exact) mass is 292 g/mol. The van der Waals surface area contributed by atoms with E-state index in [2.05, 4.69) is 12.2 Å². The zero-order chi connectivity index (χ0) is 14.5. The quantitative estimate of drug-likeness (QED) is 0.715. The Morgan fingerprint density at radius 3 is 2.42 bits per heavy atom. The molecule has 1 rings (SSSR count). The number of rotatable bonds is 6. The van der Waals surface area contributed by atoms with Crippen molar-refractivity contribution in [3.63, 3.8) is 0 Å². The number of sulfonamides is 1. The smallest absolute Gasteiger partial charge is 0.306 e. The number of carbonyl (C=O) groups is 1. The van der Waals surface area contributed by atoms with E-state index < -0.39 is 16.0 Å². The van der Waals surface area contributed by atoms with Crippen LogP contribution in [0.4, 0.5) is 0 Å². The summed E-state index contributed by atoms with van der Waals surface area (Å²) in [6.45, 7) is 5.08. The lowest BCUT2D eigenvalue weighted by Crippen LogP contribution is -2.51. The second-order valence-corrected chi connectivity index (χ2v) is 7.17. The van der Waals surface area contributed by atoms with Crippen LogP contribution < -0.4 is 5.32 Å². The van der Waals surface area contributed by atoms with Gasteiger partial charge in [-0.25, -0.2) is 12.7 Å². The highest BCUT2D eigenvalue weighted by atomic mass is 32.2. The summed E-state index contributed by atoms with van der Waals surface area (Å²) in [7, 11) is -1.46. The maximum Gasteiger partial charge on any atom is 0.306 e. The fourth-order valence-corrected chi connectivity index (χ4v) is 3.50. The van der Waals surface area contributed by atoms with Crippen molar-refractivity contribution < 1.29 is 17.9 Å². The Morgan fingerprint density at radius 2 is 1.95 bits per heavy atom. The summed E-state index contributed by atoms with van der Waals surface area (Å²) in [6, 6.07) is 0. The Labute approximate surface area is 115 Å². The van der Waals surface area contributed by atoms with Crippen LogP contribution in [-0.4, -0.2) is 56.7 Å². The lowest BCUT2D eigenvalue weighted by Gasteiger charge is -2.38. The van der Waals surface area contributed by atoms with Crippen molar-refractivity contribution in [3.8, 4) is 0 Å². The third-order valence-corrected chi connectivity index (χ3v) is 5.56. The molecule has 0 amide bonds. The Hall–Kier alpha value is -0.660. The minimum absolute atomic E-state index is 0.00710. The van der Waals surface area contributed by atoms with E-state index in [9.17, 15) is 13.2 Å². The van der Waals surface area contributed by atoms with E-state index in [0.29, 0.717) is 13.1 Å². The normalized spacial score (nSPS) is 20.2. The van der Waals surface area contributed by atoms with Gasteiger partial charge in [-0.05, 0) is 33.7 Å². The molecule has 0 atom stereocenters. The molecular formula is C12H24N2O4S. The van der Waals surface area contributed by atoms with Gasteiger partial charge in [0.1, 0.15) is 0 Å². The Balaban J connectivity index is 2.49. The lowest BCUT2D eigenvalue weighted by atomic mass is 9.91. The van der Waals surface area contributed by atoms with Gasteiger partial charge < -0.3 is 10.1 Å².